The molecule has 0 fully saturated rings. The summed E-state index contributed by atoms with van der Waals surface area (Å²) >= 11 is 0. The maximum absolute atomic E-state index is 13.5. The predicted octanol–water partition coefficient (Wildman–Crippen LogP) is 2.37. The fourth-order valence-corrected chi connectivity index (χ4v) is 1.98. The Kier molecular flexibility index (Phi) is 6.31. The van der Waals surface area contributed by atoms with Crippen LogP contribution in [-0.2, 0) is 16.0 Å². The van der Waals surface area contributed by atoms with Crippen molar-refractivity contribution >= 4 is 11.8 Å². The molecule has 0 aliphatic rings. The van der Waals surface area contributed by atoms with Crippen molar-refractivity contribution in [2.75, 3.05) is 0 Å². The number of rotatable bonds is 6. The van der Waals surface area contributed by atoms with Crippen molar-refractivity contribution in [2.45, 2.75) is 25.9 Å². The number of carbonyl (C=O) groups is 2. The van der Waals surface area contributed by atoms with Gasteiger partial charge in [-0.1, -0.05) is 42.5 Å². The van der Waals surface area contributed by atoms with Gasteiger partial charge in [0.05, 0.1) is 0 Å². The standard InChI is InChI=1S/C18H19FN2O3/c1-13(24-16-10-6-5-9-15(16)19)18(23)21-20-17(22)12-11-14-7-3-2-4-8-14/h2-10,13H,11-12H2,1H3,(H,20,22)(H,21,23)/t13-/m0/s1. The monoisotopic (exact) mass is 330 g/mol. The summed E-state index contributed by atoms with van der Waals surface area (Å²) in [6, 6.07) is 15.4. The van der Waals surface area contributed by atoms with E-state index in [-0.39, 0.29) is 18.1 Å². The lowest BCUT2D eigenvalue weighted by Crippen LogP contribution is -2.47. The van der Waals surface area contributed by atoms with Crippen LogP contribution >= 0.6 is 0 Å². The Hall–Kier alpha value is -2.89. The number of hydrogen-bond donors (Lipinski definition) is 2. The van der Waals surface area contributed by atoms with Gasteiger partial charge in [0.2, 0.25) is 5.91 Å². The quantitative estimate of drug-likeness (QED) is 0.799. The first-order chi connectivity index (χ1) is 11.6. The Morgan fingerprint density at radius 2 is 1.71 bits per heavy atom. The molecule has 2 aromatic carbocycles. The van der Waals surface area contributed by atoms with E-state index in [1.807, 2.05) is 30.3 Å². The second-order valence-corrected chi connectivity index (χ2v) is 5.21. The van der Waals surface area contributed by atoms with Crippen LogP contribution in [0, 0.1) is 5.82 Å². The van der Waals surface area contributed by atoms with E-state index < -0.39 is 17.8 Å². The van der Waals surface area contributed by atoms with Crippen molar-refractivity contribution < 1.29 is 18.7 Å². The van der Waals surface area contributed by atoms with Crippen LogP contribution in [0.15, 0.2) is 54.6 Å². The molecule has 0 unspecified atom stereocenters. The van der Waals surface area contributed by atoms with E-state index in [0.29, 0.717) is 6.42 Å². The largest absolute Gasteiger partial charge is 0.478 e. The third kappa shape index (κ3) is 5.39. The molecule has 24 heavy (non-hydrogen) atoms. The predicted molar refractivity (Wildman–Crippen MR) is 87.5 cm³/mol. The number of amides is 2. The van der Waals surface area contributed by atoms with Gasteiger partial charge in [-0.05, 0) is 31.0 Å². The molecule has 2 rings (SSSR count). The summed E-state index contributed by atoms with van der Waals surface area (Å²) in [4.78, 5) is 23.6. The van der Waals surface area contributed by atoms with Gasteiger partial charge in [-0.25, -0.2) is 4.39 Å². The topological polar surface area (TPSA) is 67.4 Å². The van der Waals surface area contributed by atoms with Crippen molar-refractivity contribution in [1.29, 1.82) is 0 Å². The van der Waals surface area contributed by atoms with Crippen LogP contribution in [-0.4, -0.2) is 17.9 Å². The number of benzene rings is 2. The summed E-state index contributed by atoms with van der Waals surface area (Å²) in [6.45, 7) is 1.47. The maximum Gasteiger partial charge on any atom is 0.279 e. The summed E-state index contributed by atoms with van der Waals surface area (Å²) in [6.07, 6.45) is -0.132. The third-order valence-corrected chi connectivity index (χ3v) is 3.32. The van der Waals surface area contributed by atoms with Gasteiger partial charge in [-0.15, -0.1) is 0 Å². The molecule has 0 aliphatic heterocycles. The molecule has 6 heteroatoms. The molecular formula is C18H19FN2O3. The molecule has 0 spiro atoms. The number of halogens is 1. The van der Waals surface area contributed by atoms with E-state index in [4.69, 9.17) is 4.74 Å². The highest BCUT2D eigenvalue weighted by molar-refractivity contribution is 5.84. The zero-order valence-electron chi connectivity index (χ0n) is 13.3. The molecule has 1 atom stereocenters. The Morgan fingerprint density at radius 3 is 2.42 bits per heavy atom. The van der Waals surface area contributed by atoms with Crippen LogP contribution in [0.3, 0.4) is 0 Å². The smallest absolute Gasteiger partial charge is 0.279 e. The molecule has 126 valence electrons. The zero-order chi connectivity index (χ0) is 17.4. The SMILES string of the molecule is C[C@H](Oc1ccccc1F)C(=O)NNC(=O)CCc1ccccc1. The summed E-state index contributed by atoms with van der Waals surface area (Å²) < 4.78 is 18.7. The molecule has 0 aliphatic carbocycles. The van der Waals surface area contributed by atoms with Crippen molar-refractivity contribution in [3.63, 3.8) is 0 Å². The van der Waals surface area contributed by atoms with E-state index in [0.717, 1.165) is 5.56 Å². The van der Waals surface area contributed by atoms with Crippen LogP contribution in [0.1, 0.15) is 18.9 Å². The minimum absolute atomic E-state index is 0.0180. The first kappa shape index (κ1) is 17.5. The average Bonchev–Trinajstić information content (AvgIpc) is 2.60. The molecule has 2 aromatic rings. The van der Waals surface area contributed by atoms with Gasteiger partial charge in [-0.3, -0.25) is 20.4 Å². The van der Waals surface area contributed by atoms with Crippen molar-refractivity contribution in [3.8, 4) is 5.75 Å². The lowest BCUT2D eigenvalue weighted by Gasteiger charge is -2.15. The van der Waals surface area contributed by atoms with Crippen LogP contribution < -0.4 is 15.6 Å². The fraction of sp³-hybridized carbons (Fsp3) is 0.222. The minimum Gasteiger partial charge on any atom is -0.478 e. The van der Waals surface area contributed by atoms with Gasteiger partial charge < -0.3 is 4.74 Å². The average molecular weight is 330 g/mol. The van der Waals surface area contributed by atoms with Gasteiger partial charge >= 0.3 is 0 Å². The third-order valence-electron chi connectivity index (χ3n) is 3.32. The molecule has 0 saturated carbocycles. The molecule has 2 N–H and O–H groups in total. The Labute approximate surface area is 139 Å². The highest BCUT2D eigenvalue weighted by Gasteiger charge is 2.16. The highest BCUT2D eigenvalue weighted by Crippen LogP contribution is 2.16. The van der Waals surface area contributed by atoms with Crippen LogP contribution in [0.4, 0.5) is 4.39 Å². The number of hydrogen-bond acceptors (Lipinski definition) is 3. The Balaban J connectivity index is 1.73. The van der Waals surface area contributed by atoms with E-state index in [1.165, 1.54) is 25.1 Å². The summed E-state index contributed by atoms with van der Waals surface area (Å²) in [5, 5.41) is 0. The van der Waals surface area contributed by atoms with E-state index in [2.05, 4.69) is 10.9 Å². The number of nitrogens with one attached hydrogen (secondary N) is 2. The second-order valence-electron chi connectivity index (χ2n) is 5.21. The Bertz CT molecular complexity index is 692. The van der Waals surface area contributed by atoms with Gasteiger partial charge in [-0.2, -0.15) is 0 Å². The van der Waals surface area contributed by atoms with Gasteiger partial charge in [0.1, 0.15) is 0 Å². The van der Waals surface area contributed by atoms with Crippen LogP contribution in [0.2, 0.25) is 0 Å². The molecule has 2 amide bonds. The first-order valence-corrected chi connectivity index (χ1v) is 7.60. The fourth-order valence-electron chi connectivity index (χ4n) is 1.98. The highest BCUT2D eigenvalue weighted by atomic mass is 19.1. The first-order valence-electron chi connectivity index (χ1n) is 7.60. The maximum atomic E-state index is 13.5. The Morgan fingerprint density at radius 1 is 1.04 bits per heavy atom. The second kappa shape index (κ2) is 8.67. The normalized spacial score (nSPS) is 11.4. The molecule has 0 heterocycles. The van der Waals surface area contributed by atoms with Crippen molar-refractivity contribution in [3.05, 3.63) is 66.0 Å². The molecule has 0 saturated heterocycles. The summed E-state index contributed by atoms with van der Waals surface area (Å²) in [7, 11) is 0. The number of para-hydroxylation sites is 1. The lowest BCUT2D eigenvalue weighted by molar-refractivity contribution is -0.132. The minimum atomic E-state index is -0.948. The molecule has 0 aromatic heterocycles. The molecular weight excluding hydrogens is 311 g/mol. The van der Waals surface area contributed by atoms with Crippen molar-refractivity contribution in [1.82, 2.24) is 10.9 Å². The molecule has 0 bridgehead atoms. The van der Waals surface area contributed by atoms with Gasteiger partial charge in [0.15, 0.2) is 17.7 Å². The number of aryl methyl sites for hydroxylation is 1. The lowest BCUT2D eigenvalue weighted by atomic mass is 10.1. The summed E-state index contributed by atoms with van der Waals surface area (Å²) in [5.41, 5.74) is 5.63. The number of hydrazine groups is 1. The number of carbonyl (C=O) groups excluding carboxylic acids is 2. The molecule has 0 radical (unpaired) electrons. The molecule has 5 nitrogen and oxygen atoms in total. The van der Waals surface area contributed by atoms with Gasteiger partial charge in [0, 0.05) is 6.42 Å². The van der Waals surface area contributed by atoms with E-state index in [9.17, 15) is 14.0 Å². The van der Waals surface area contributed by atoms with Crippen LogP contribution in [0.25, 0.3) is 0 Å². The number of ether oxygens (including phenoxy) is 1. The van der Waals surface area contributed by atoms with E-state index in [1.54, 1.807) is 6.07 Å². The van der Waals surface area contributed by atoms with Crippen molar-refractivity contribution in [2.24, 2.45) is 0 Å². The van der Waals surface area contributed by atoms with E-state index >= 15 is 0 Å². The van der Waals surface area contributed by atoms with Gasteiger partial charge in [0.25, 0.3) is 5.91 Å². The zero-order valence-corrected chi connectivity index (χ0v) is 13.3. The van der Waals surface area contributed by atoms with Crippen LogP contribution in [0.5, 0.6) is 5.75 Å². The summed E-state index contributed by atoms with van der Waals surface area (Å²) in [5.74, 6) is -1.45.